The summed E-state index contributed by atoms with van der Waals surface area (Å²) >= 11 is 0. The minimum Gasteiger partial charge on any atom is -0.378 e. The van der Waals surface area contributed by atoms with Crippen LogP contribution in [0, 0.1) is 17.8 Å². The van der Waals surface area contributed by atoms with Crippen LogP contribution in [0.3, 0.4) is 0 Å². The summed E-state index contributed by atoms with van der Waals surface area (Å²) in [6, 6.07) is 2.00. The van der Waals surface area contributed by atoms with Gasteiger partial charge in [0, 0.05) is 18.7 Å². The largest absolute Gasteiger partial charge is 0.391 e. The molecule has 9 heteroatoms. The number of aromatic amines is 1. The predicted octanol–water partition coefficient (Wildman–Crippen LogP) is 5.26. The second-order valence-electron chi connectivity index (χ2n) is 9.18. The Morgan fingerprint density at radius 2 is 1.97 bits per heavy atom. The van der Waals surface area contributed by atoms with E-state index in [0.29, 0.717) is 31.3 Å². The van der Waals surface area contributed by atoms with Gasteiger partial charge in [-0.1, -0.05) is 13.3 Å². The van der Waals surface area contributed by atoms with Gasteiger partial charge in [0.2, 0.25) is 0 Å². The summed E-state index contributed by atoms with van der Waals surface area (Å²) in [6.45, 7) is 2.82. The summed E-state index contributed by atoms with van der Waals surface area (Å²) in [5.74, 6) is 0.987. The van der Waals surface area contributed by atoms with Crippen molar-refractivity contribution in [3.63, 3.8) is 0 Å². The molecule has 3 atom stereocenters. The molecule has 3 heterocycles. The predicted molar refractivity (Wildman–Crippen MR) is 110 cm³/mol. The van der Waals surface area contributed by atoms with Crippen LogP contribution in [0.2, 0.25) is 0 Å². The Hall–Kier alpha value is -2.16. The van der Waals surface area contributed by atoms with E-state index in [1.54, 1.807) is 6.20 Å². The fraction of sp³-hybridized carbons (Fsp3) is 0.682. The maximum Gasteiger partial charge on any atom is 0.391 e. The molecule has 3 aromatic rings. The highest BCUT2D eigenvalue weighted by atomic mass is 19.4. The van der Waals surface area contributed by atoms with Crippen molar-refractivity contribution in [1.29, 1.82) is 0 Å². The van der Waals surface area contributed by atoms with E-state index in [1.165, 1.54) is 0 Å². The highest BCUT2D eigenvalue weighted by molar-refractivity contribution is 5.74. The van der Waals surface area contributed by atoms with Gasteiger partial charge in [0.05, 0.1) is 23.7 Å². The fourth-order valence-corrected chi connectivity index (χ4v) is 5.61. The van der Waals surface area contributed by atoms with E-state index in [2.05, 4.69) is 31.5 Å². The summed E-state index contributed by atoms with van der Waals surface area (Å²) in [6.07, 6.45) is 3.94. The number of ether oxygens (including phenoxy) is 1. The van der Waals surface area contributed by atoms with Gasteiger partial charge in [0.15, 0.2) is 11.3 Å². The number of nitrogens with one attached hydrogen (secondary N) is 1. The molecule has 0 aliphatic heterocycles. The summed E-state index contributed by atoms with van der Waals surface area (Å²) in [5.41, 5.74) is 2.54. The molecule has 2 aliphatic rings. The SMILES string of the molecule is CC[C@@H]1C[C@@H](COC2CCC(C(F)(F)F)CC2)C[C@@H]1c1nnc2cnc3[nH]ccc3n12. The van der Waals surface area contributed by atoms with E-state index in [-0.39, 0.29) is 24.9 Å². The Kier molecular flexibility index (Phi) is 5.40. The summed E-state index contributed by atoms with van der Waals surface area (Å²) < 4.78 is 46.9. The molecule has 2 aliphatic carbocycles. The van der Waals surface area contributed by atoms with E-state index in [4.69, 9.17) is 4.74 Å². The lowest BCUT2D eigenvalue weighted by molar-refractivity contribution is -0.188. The maximum absolute atomic E-state index is 12.9. The zero-order valence-corrected chi connectivity index (χ0v) is 17.6. The number of rotatable bonds is 5. The van der Waals surface area contributed by atoms with Crippen LogP contribution in [0.1, 0.15) is 63.6 Å². The van der Waals surface area contributed by atoms with E-state index >= 15 is 0 Å². The molecule has 0 radical (unpaired) electrons. The third kappa shape index (κ3) is 3.92. The number of aromatic nitrogens is 5. The fourth-order valence-electron chi connectivity index (χ4n) is 5.61. The normalized spacial score (nSPS) is 29.9. The average Bonchev–Trinajstić information content (AvgIpc) is 3.48. The third-order valence-electron chi connectivity index (χ3n) is 7.32. The van der Waals surface area contributed by atoms with Crippen LogP contribution in [-0.4, -0.2) is 43.5 Å². The average molecular weight is 435 g/mol. The molecule has 0 spiro atoms. The van der Waals surface area contributed by atoms with Crippen LogP contribution in [0.25, 0.3) is 16.8 Å². The molecule has 6 nitrogen and oxygen atoms in total. The molecule has 2 saturated carbocycles. The molecule has 0 amide bonds. The highest BCUT2D eigenvalue weighted by Crippen LogP contribution is 2.45. The monoisotopic (exact) mass is 435 g/mol. The zero-order valence-electron chi connectivity index (χ0n) is 17.6. The number of halogens is 3. The molecular formula is C22H28F3N5O. The van der Waals surface area contributed by atoms with Gasteiger partial charge >= 0.3 is 6.18 Å². The van der Waals surface area contributed by atoms with Crippen LogP contribution < -0.4 is 0 Å². The van der Waals surface area contributed by atoms with Crippen LogP contribution in [0.15, 0.2) is 18.5 Å². The van der Waals surface area contributed by atoms with Crippen molar-refractivity contribution in [1.82, 2.24) is 24.6 Å². The van der Waals surface area contributed by atoms with Crippen molar-refractivity contribution >= 4 is 16.8 Å². The van der Waals surface area contributed by atoms with Crippen LogP contribution in [0.5, 0.6) is 0 Å². The minimum atomic E-state index is -4.07. The van der Waals surface area contributed by atoms with Crippen molar-refractivity contribution in [3.8, 4) is 0 Å². The Labute approximate surface area is 178 Å². The molecule has 0 bridgehead atoms. The topological polar surface area (TPSA) is 68.1 Å². The number of hydrogen-bond donors (Lipinski definition) is 1. The van der Waals surface area contributed by atoms with Crippen molar-refractivity contribution in [2.24, 2.45) is 17.8 Å². The number of alkyl halides is 3. The summed E-state index contributed by atoms with van der Waals surface area (Å²) in [5, 5.41) is 8.88. The lowest BCUT2D eigenvalue weighted by Gasteiger charge is -2.30. The van der Waals surface area contributed by atoms with Gasteiger partial charge in [-0.15, -0.1) is 10.2 Å². The van der Waals surface area contributed by atoms with Gasteiger partial charge in [-0.2, -0.15) is 13.2 Å². The van der Waals surface area contributed by atoms with Gasteiger partial charge in [0.25, 0.3) is 0 Å². The molecule has 0 aromatic carbocycles. The van der Waals surface area contributed by atoms with E-state index in [9.17, 15) is 13.2 Å². The molecule has 168 valence electrons. The number of fused-ring (bicyclic) bond motifs is 3. The first-order valence-electron chi connectivity index (χ1n) is 11.3. The van der Waals surface area contributed by atoms with Gasteiger partial charge in [0.1, 0.15) is 5.82 Å². The van der Waals surface area contributed by atoms with Crippen LogP contribution >= 0.6 is 0 Å². The van der Waals surface area contributed by atoms with Crippen molar-refractivity contribution in [2.75, 3.05) is 6.61 Å². The Morgan fingerprint density at radius 3 is 2.71 bits per heavy atom. The molecular weight excluding hydrogens is 407 g/mol. The van der Waals surface area contributed by atoms with Gasteiger partial charge in [-0.3, -0.25) is 4.40 Å². The number of nitrogens with zero attached hydrogens (tertiary/aromatic N) is 4. The van der Waals surface area contributed by atoms with E-state index in [0.717, 1.165) is 41.9 Å². The van der Waals surface area contributed by atoms with Crippen LogP contribution in [0.4, 0.5) is 13.2 Å². The summed E-state index contributed by atoms with van der Waals surface area (Å²) in [4.78, 5) is 7.54. The molecule has 0 unspecified atom stereocenters. The van der Waals surface area contributed by atoms with Crippen LogP contribution in [-0.2, 0) is 4.74 Å². The first-order valence-corrected chi connectivity index (χ1v) is 11.3. The van der Waals surface area contributed by atoms with E-state index < -0.39 is 12.1 Å². The van der Waals surface area contributed by atoms with Gasteiger partial charge in [-0.25, -0.2) is 4.98 Å². The maximum atomic E-state index is 12.9. The Bertz CT molecular complexity index is 1040. The molecule has 2 fully saturated rings. The minimum absolute atomic E-state index is 0.0443. The second-order valence-corrected chi connectivity index (χ2v) is 9.18. The first-order chi connectivity index (χ1) is 14.9. The van der Waals surface area contributed by atoms with Crippen molar-refractivity contribution < 1.29 is 17.9 Å². The third-order valence-corrected chi connectivity index (χ3v) is 7.32. The smallest absolute Gasteiger partial charge is 0.378 e. The van der Waals surface area contributed by atoms with Crippen molar-refractivity contribution in [3.05, 3.63) is 24.3 Å². The molecule has 0 saturated heterocycles. The number of hydrogen-bond acceptors (Lipinski definition) is 4. The Balaban J connectivity index is 1.26. The summed E-state index contributed by atoms with van der Waals surface area (Å²) in [7, 11) is 0. The molecule has 5 rings (SSSR count). The standard InChI is InChI=1S/C22H28F3N5O/c1-2-14-9-13(12-31-16-5-3-15(4-6-16)22(23,24)25)10-17(14)21-29-28-19-11-27-20-18(30(19)21)7-8-26-20/h7-8,11,13-17,26H,2-6,9-10,12H2,1H3/t13-,14-,15?,16?,17+/m1/s1. The Morgan fingerprint density at radius 1 is 1.16 bits per heavy atom. The van der Waals surface area contributed by atoms with Gasteiger partial charge in [-0.05, 0) is 56.4 Å². The quantitative estimate of drug-likeness (QED) is 0.593. The van der Waals surface area contributed by atoms with Crippen molar-refractivity contribution in [2.45, 2.75) is 70.1 Å². The molecule has 31 heavy (non-hydrogen) atoms. The lowest BCUT2D eigenvalue weighted by atomic mass is 9.87. The van der Waals surface area contributed by atoms with E-state index in [1.807, 2.05) is 12.3 Å². The number of H-pyrrole nitrogens is 1. The van der Waals surface area contributed by atoms with Gasteiger partial charge < -0.3 is 9.72 Å². The molecule has 1 N–H and O–H groups in total. The zero-order chi connectivity index (χ0) is 21.6. The lowest BCUT2D eigenvalue weighted by Crippen LogP contribution is -2.31. The second kappa shape index (κ2) is 8.07. The molecule has 3 aromatic heterocycles. The highest BCUT2D eigenvalue weighted by Gasteiger charge is 2.42. The first kappa shape index (κ1) is 20.7.